The number of benzene rings is 7. The van der Waals surface area contributed by atoms with Crippen LogP contribution in [0, 0.1) is 20.8 Å². The number of aromatic amines is 3. The van der Waals surface area contributed by atoms with E-state index in [1.54, 1.807) is 81.6 Å². The zero-order valence-corrected chi connectivity index (χ0v) is 76.8. The van der Waals surface area contributed by atoms with Crippen LogP contribution >= 0.6 is 23.5 Å². The SMILES string of the molecule is CCS(=O)(=O)c1cccc(-c2ccc(OCCCN(C)CCOP(=O)(O)O)c3[nH]c4ccc(C)cc4c23)c1.CCS(=O)(=O)c1cccc(-c2ccc(OCCCN(C)CCOP(=O)(O)O)c3[nH]c4ncc(C)cc4c23)c1.CCS(=O)(=O)c1cccc(-c2ccc(OCCCN(C)CCOP(=O)(OC(C)(C)C)OC(C)(C)C)c3[nH]c4ncc(C)cc4c23)c1. The smallest absolute Gasteiger partial charge is 0.475 e. The molecular formula is C87H113N8O21P3S3. The van der Waals surface area contributed by atoms with Gasteiger partial charge in [-0.1, -0.05) is 68.8 Å². The van der Waals surface area contributed by atoms with E-state index in [4.69, 9.17) is 47.4 Å². The number of pyridine rings is 2. The summed E-state index contributed by atoms with van der Waals surface area (Å²) in [6.45, 7) is 26.5. The fourth-order valence-corrected chi connectivity index (χ4v) is 19.0. The highest BCUT2D eigenvalue weighted by Gasteiger charge is 2.37. The number of H-pyrrole nitrogens is 3. The van der Waals surface area contributed by atoms with Crippen molar-refractivity contribution in [3.63, 3.8) is 0 Å². The van der Waals surface area contributed by atoms with Crippen LogP contribution in [0.25, 0.3) is 99.1 Å². The minimum absolute atomic E-state index is 0.0285. The van der Waals surface area contributed by atoms with E-state index in [0.29, 0.717) is 98.1 Å². The molecule has 0 atom stereocenters. The van der Waals surface area contributed by atoms with Crippen molar-refractivity contribution >= 4 is 119 Å². The average molecular weight is 1800 g/mol. The van der Waals surface area contributed by atoms with Gasteiger partial charge in [0.15, 0.2) is 29.5 Å². The molecule has 0 bridgehead atoms. The molecule has 5 aromatic heterocycles. The molecule has 660 valence electrons. The number of phosphoric acid groups is 3. The molecule has 35 heteroatoms. The van der Waals surface area contributed by atoms with Gasteiger partial charge in [0, 0.05) is 89.5 Å². The van der Waals surface area contributed by atoms with Gasteiger partial charge in [-0.05, 0) is 244 Å². The van der Waals surface area contributed by atoms with Gasteiger partial charge in [0.25, 0.3) is 0 Å². The number of sulfone groups is 3. The number of likely N-dealkylation sites (N-methyl/N-ethyl adjacent to an activating group) is 3. The van der Waals surface area contributed by atoms with Crippen molar-refractivity contribution in [3.05, 3.63) is 169 Å². The molecule has 0 unspecified atom stereocenters. The number of hydrogen-bond donors (Lipinski definition) is 7. The lowest BCUT2D eigenvalue weighted by Crippen LogP contribution is -2.28. The summed E-state index contributed by atoms with van der Waals surface area (Å²) in [4.78, 5) is 61.4. The molecule has 0 saturated carbocycles. The Morgan fingerprint density at radius 1 is 0.393 bits per heavy atom. The van der Waals surface area contributed by atoms with Crippen LogP contribution in [-0.4, -0.2) is 213 Å². The summed E-state index contributed by atoms with van der Waals surface area (Å²) in [5, 5.41) is 5.72. The van der Waals surface area contributed by atoms with Gasteiger partial charge in [0.1, 0.15) is 28.5 Å². The fraction of sp³-hybridized carbons (Fsp3) is 0.402. The molecule has 7 aromatic carbocycles. The van der Waals surface area contributed by atoms with Crippen LogP contribution in [0.4, 0.5) is 0 Å². The maximum atomic E-state index is 13.3. The molecular weight excluding hydrogens is 1680 g/mol. The predicted octanol–water partition coefficient (Wildman–Crippen LogP) is 17.1. The molecule has 12 aromatic rings. The van der Waals surface area contributed by atoms with Crippen molar-refractivity contribution in [1.82, 2.24) is 39.6 Å². The molecule has 12 rings (SSSR count). The van der Waals surface area contributed by atoms with E-state index in [0.717, 1.165) is 123 Å². The Hall–Kier alpha value is -8.30. The van der Waals surface area contributed by atoms with Crippen LogP contribution < -0.4 is 14.2 Å². The van der Waals surface area contributed by atoms with E-state index in [2.05, 4.69) is 57.1 Å². The number of nitrogens with one attached hydrogen (secondary N) is 3. The van der Waals surface area contributed by atoms with E-state index < -0.39 is 64.2 Å². The van der Waals surface area contributed by atoms with Crippen LogP contribution in [0.3, 0.4) is 0 Å². The Labute approximate surface area is 714 Å². The third-order valence-electron chi connectivity index (χ3n) is 19.7. The molecule has 122 heavy (non-hydrogen) atoms. The monoisotopic (exact) mass is 1790 g/mol. The summed E-state index contributed by atoms with van der Waals surface area (Å²) in [7, 11) is -17.1. The second-order valence-electron chi connectivity index (χ2n) is 32.0. The number of ether oxygens (including phenoxy) is 3. The lowest BCUT2D eigenvalue weighted by Gasteiger charge is -2.31. The summed E-state index contributed by atoms with van der Waals surface area (Å²) in [5.74, 6) is 2.15. The molecule has 7 N–H and O–H groups in total. The van der Waals surface area contributed by atoms with Crippen LogP contribution in [-0.2, 0) is 65.8 Å². The van der Waals surface area contributed by atoms with Gasteiger partial charge in [-0.3, -0.25) is 22.6 Å². The Morgan fingerprint density at radius 3 is 1.06 bits per heavy atom. The molecule has 0 aliphatic heterocycles. The Bertz CT molecular complexity index is 5940. The highest BCUT2D eigenvalue weighted by atomic mass is 32.2. The molecule has 29 nitrogen and oxygen atoms in total. The second-order valence-corrected chi connectivity index (χ2v) is 42.8. The van der Waals surface area contributed by atoms with Gasteiger partial charge in [0.2, 0.25) is 0 Å². The second kappa shape index (κ2) is 40.8. The number of nitrogens with zero attached hydrogens (tertiary/aromatic N) is 5. The van der Waals surface area contributed by atoms with E-state index in [-0.39, 0.29) is 42.0 Å². The zero-order chi connectivity index (χ0) is 88.9. The summed E-state index contributed by atoms with van der Waals surface area (Å²) in [6, 6.07) is 43.0. The van der Waals surface area contributed by atoms with E-state index >= 15 is 0 Å². The number of aromatic nitrogens is 5. The first-order chi connectivity index (χ1) is 57.4. The zero-order valence-electron chi connectivity index (χ0n) is 71.7. The molecule has 0 fully saturated rings. The highest BCUT2D eigenvalue weighted by Crippen LogP contribution is 2.55. The largest absolute Gasteiger partial charge is 0.491 e. The van der Waals surface area contributed by atoms with Crippen LogP contribution in [0.5, 0.6) is 17.2 Å². The van der Waals surface area contributed by atoms with Gasteiger partial charge >= 0.3 is 23.5 Å². The Balaban J connectivity index is 0.000000193. The van der Waals surface area contributed by atoms with Crippen LogP contribution in [0.15, 0.2) is 167 Å². The van der Waals surface area contributed by atoms with Crippen LogP contribution in [0.1, 0.15) is 98.3 Å². The number of fused-ring (bicyclic) bond motifs is 9. The maximum Gasteiger partial charge on any atom is 0.475 e. The average Bonchev–Trinajstić information content (AvgIpc) is 1.59. The van der Waals surface area contributed by atoms with Crippen molar-refractivity contribution < 1.29 is 95.4 Å². The maximum absolute atomic E-state index is 13.3. The van der Waals surface area contributed by atoms with E-state index in [1.807, 2.05) is 166 Å². The summed E-state index contributed by atoms with van der Waals surface area (Å²) in [6.07, 6.45) is 5.73. The summed E-state index contributed by atoms with van der Waals surface area (Å²) < 4.78 is 155. The molecule has 0 saturated heterocycles. The molecule has 0 aliphatic carbocycles. The molecule has 0 aliphatic rings. The molecule has 0 radical (unpaired) electrons. The third-order valence-corrected chi connectivity index (χ3v) is 28.0. The standard InChI is InChI=1S/C34H48N3O7PS.C27H33N2O7PS.C26H32N3O7PS/c1-10-46(39,40)26-14-11-13-25(22-26)27-15-16-29(31-30(27)28-21-24(2)23-35-32(28)36-31)41-19-12-17-37(9)18-20-42-45(38,43-33(3,4)5)44-34(6,7)8;1-4-38(33,34)21-8-5-7-20(18-21)22-10-12-25(27-26(22)23-17-19(2)9-11-24(23)28-27)35-15-6-13-29(3)14-16-36-37(30,31)32;1-4-38(33,34)20-8-5-7-19(16-20)21-9-10-23(25-24(21)22-15-18(2)17-27-26(22)28-25)35-13-6-11-29(3)12-14-36-37(30,31)32/h11,13-16,21-23H,10,12,17-20H2,1-9H3,(H,35,36);5,7-12,17-18,28H,4,6,13-16H2,1-3H3,(H2,30,31,32);5,7-10,15-17H,4,6,11-14H2,1-3H3,(H,27,28)(H2,30,31,32). The summed E-state index contributed by atoms with van der Waals surface area (Å²) in [5.41, 5.74) is 11.7. The Kier molecular flexibility index (Phi) is 32.1. The number of phosphoric ester groups is 3. The quantitative estimate of drug-likeness (QED) is 0.0140. The fourth-order valence-electron chi connectivity index (χ4n) is 13.7. The van der Waals surface area contributed by atoms with E-state index in [9.17, 15) is 38.9 Å². The number of hydrogen-bond acceptors (Lipinski definition) is 22. The molecule has 0 spiro atoms. The molecule has 5 heterocycles. The lowest BCUT2D eigenvalue weighted by atomic mass is 9.98. The van der Waals surface area contributed by atoms with Crippen molar-refractivity contribution in [1.29, 1.82) is 0 Å². The van der Waals surface area contributed by atoms with Crippen molar-refractivity contribution in [2.75, 3.05) is 117 Å². The van der Waals surface area contributed by atoms with Gasteiger partial charge < -0.3 is 63.4 Å². The van der Waals surface area contributed by atoms with Crippen LogP contribution in [0.2, 0.25) is 0 Å². The van der Waals surface area contributed by atoms with Gasteiger partial charge in [-0.15, -0.1) is 0 Å². The highest BCUT2D eigenvalue weighted by molar-refractivity contribution is 7.92. The normalized spacial score (nSPS) is 12.8. The van der Waals surface area contributed by atoms with Gasteiger partial charge in [-0.2, -0.15) is 0 Å². The van der Waals surface area contributed by atoms with Crippen molar-refractivity contribution in [2.24, 2.45) is 0 Å². The Morgan fingerprint density at radius 2 is 0.721 bits per heavy atom. The number of aryl methyl sites for hydroxylation is 3. The topological polar surface area (TPSA) is 391 Å². The first kappa shape index (κ1) is 95.9. The van der Waals surface area contributed by atoms with E-state index in [1.165, 1.54) is 0 Å². The third kappa shape index (κ3) is 26.2. The minimum Gasteiger partial charge on any atom is -0.491 e. The minimum atomic E-state index is -4.46. The summed E-state index contributed by atoms with van der Waals surface area (Å²) >= 11 is 0. The first-order valence-electron chi connectivity index (χ1n) is 40.2. The first-order valence-corrected chi connectivity index (χ1v) is 49.7. The van der Waals surface area contributed by atoms with Crippen molar-refractivity contribution in [3.8, 4) is 50.6 Å². The molecule has 0 amide bonds. The van der Waals surface area contributed by atoms with Gasteiger partial charge in [0.05, 0.1) is 99.3 Å². The van der Waals surface area contributed by atoms with Gasteiger partial charge in [-0.25, -0.2) is 48.9 Å². The number of rotatable bonds is 38. The predicted molar refractivity (Wildman–Crippen MR) is 481 cm³/mol. The van der Waals surface area contributed by atoms with Crippen molar-refractivity contribution in [2.45, 2.75) is 128 Å². The lowest BCUT2D eigenvalue weighted by molar-refractivity contribution is 0.00149.